The molecule has 0 radical (unpaired) electrons. The lowest BCUT2D eigenvalue weighted by atomic mass is 9.81. The lowest BCUT2D eigenvalue weighted by molar-refractivity contribution is -0.159. The second-order valence-corrected chi connectivity index (χ2v) is 10.4. The van der Waals surface area contributed by atoms with Gasteiger partial charge in [-0.25, -0.2) is 4.79 Å². The van der Waals surface area contributed by atoms with E-state index in [0.717, 1.165) is 16.9 Å². The standard InChI is InChI=1S/C21H22Br2N2O5/c1-9-3-5-11(6-4-9)24-14(26)8-30-21(29)10(2)25-19(27)15-12-7-13(16(15)20(25)28)18(23)17(12)22/h3-6,10,12-13,15-18H,7-8H2,1-2H3,(H,24,26)/t10-,12+,13+,15-,16+,17-,18-/m0/s1. The molecule has 2 bridgehead atoms. The monoisotopic (exact) mass is 540 g/mol. The van der Waals surface area contributed by atoms with Crippen LogP contribution in [-0.4, -0.2) is 50.9 Å². The molecule has 2 saturated carbocycles. The van der Waals surface area contributed by atoms with Gasteiger partial charge in [0.05, 0.1) is 11.8 Å². The molecule has 1 aliphatic heterocycles. The second kappa shape index (κ2) is 8.07. The number of imide groups is 1. The highest BCUT2D eigenvalue weighted by molar-refractivity contribution is 9.12. The Kier molecular flexibility index (Phi) is 5.78. The van der Waals surface area contributed by atoms with Crippen molar-refractivity contribution in [1.29, 1.82) is 0 Å². The second-order valence-electron chi connectivity index (χ2n) is 8.25. The summed E-state index contributed by atoms with van der Waals surface area (Å²) in [5.41, 5.74) is 1.65. The Hall–Kier alpha value is -1.74. The zero-order chi connectivity index (χ0) is 21.7. The molecule has 1 N–H and O–H groups in total. The molecule has 9 heteroatoms. The molecule has 1 saturated heterocycles. The fourth-order valence-electron chi connectivity index (χ4n) is 4.95. The minimum Gasteiger partial charge on any atom is -0.454 e. The number of ether oxygens (including phenoxy) is 1. The van der Waals surface area contributed by atoms with E-state index in [4.69, 9.17) is 4.74 Å². The molecule has 3 fully saturated rings. The van der Waals surface area contributed by atoms with Gasteiger partial charge in [-0.2, -0.15) is 0 Å². The highest BCUT2D eigenvalue weighted by Gasteiger charge is 2.67. The van der Waals surface area contributed by atoms with E-state index in [1.165, 1.54) is 6.92 Å². The number of fused-ring (bicyclic) bond motifs is 5. The van der Waals surface area contributed by atoms with Crippen molar-refractivity contribution in [3.63, 3.8) is 0 Å². The van der Waals surface area contributed by atoms with Gasteiger partial charge in [-0.15, -0.1) is 0 Å². The molecule has 0 aromatic heterocycles. The smallest absolute Gasteiger partial charge is 0.329 e. The molecule has 3 aliphatic rings. The van der Waals surface area contributed by atoms with Crippen molar-refractivity contribution in [1.82, 2.24) is 4.90 Å². The summed E-state index contributed by atoms with van der Waals surface area (Å²) in [5.74, 6) is -2.50. The fraction of sp³-hybridized carbons (Fsp3) is 0.524. The highest BCUT2D eigenvalue weighted by atomic mass is 79.9. The van der Waals surface area contributed by atoms with Crippen molar-refractivity contribution >= 4 is 61.2 Å². The van der Waals surface area contributed by atoms with Crippen LogP contribution in [0.15, 0.2) is 24.3 Å². The van der Waals surface area contributed by atoms with Crippen LogP contribution in [-0.2, 0) is 23.9 Å². The van der Waals surface area contributed by atoms with E-state index in [1.54, 1.807) is 12.1 Å². The Labute approximate surface area is 191 Å². The van der Waals surface area contributed by atoms with Gasteiger partial charge in [0.15, 0.2) is 6.61 Å². The van der Waals surface area contributed by atoms with Crippen molar-refractivity contribution in [2.45, 2.75) is 36.0 Å². The molecule has 2 aliphatic carbocycles. The molecule has 7 atom stereocenters. The Morgan fingerprint density at radius 3 is 2.17 bits per heavy atom. The Balaban J connectivity index is 1.36. The topological polar surface area (TPSA) is 92.8 Å². The van der Waals surface area contributed by atoms with Gasteiger partial charge in [-0.3, -0.25) is 19.3 Å². The van der Waals surface area contributed by atoms with Gasteiger partial charge in [0.2, 0.25) is 11.8 Å². The van der Waals surface area contributed by atoms with Crippen LogP contribution in [0.3, 0.4) is 0 Å². The zero-order valence-electron chi connectivity index (χ0n) is 16.5. The molecule has 1 heterocycles. The number of amides is 3. The van der Waals surface area contributed by atoms with E-state index < -0.39 is 24.5 Å². The van der Waals surface area contributed by atoms with E-state index >= 15 is 0 Å². The average molecular weight is 542 g/mol. The Morgan fingerprint density at radius 2 is 1.63 bits per heavy atom. The quantitative estimate of drug-likeness (QED) is 0.351. The highest BCUT2D eigenvalue weighted by Crippen LogP contribution is 2.60. The molecule has 7 nitrogen and oxygen atoms in total. The van der Waals surface area contributed by atoms with Crippen molar-refractivity contribution in [3.8, 4) is 0 Å². The van der Waals surface area contributed by atoms with Gasteiger partial charge in [0, 0.05) is 15.3 Å². The fourth-order valence-corrected chi connectivity index (χ4v) is 6.82. The number of hydrogen-bond acceptors (Lipinski definition) is 5. The number of likely N-dealkylation sites (tertiary alicyclic amines) is 1. The number of esters is 1. The van der Waals surface area contributed by atoms with Crippen LogP contribution in [0.2, 0.25) is 0 Å². The number of carbonyl (C=O) groups is 4. The van der Waals surface area contributed by atoms with Crippen molar-refractivity contribution in [2.24, 2.45) is 23.7 Å². The summed E-state index contributed by atoms with van der Waals surface area (Å²) < 4.78 is 5.09. The molecule has 0 unspecified atom stereocenters. The number of benzene rings is 1. The Bertz CT molecular complexity index is 873. The number of anilines is 1. The molecule has 0 spiro atoms. The van der Waals surface area contributed by atoms with Crippen molar-refractivity contribution < 1.29 is 23.9 Å². The SMILES string of the molecule is Cc1ccc(NC(=O)COC(=O)[C@H](C)N2C(=O)[C@@H]3[C@H]4C[C@@H]([C@H](Br)[C@H]4Br)[C@@H]3C2=O)cc1. The summed E-state index contributed by atoms with van der Waals surface area (Å²) in [6.45, 7) is 2.92. The summed E-state index contributed by atoms with van der Waals surface area (Å²) in [6.07, 6.45) is 0.824. The maximum Gasteiger partial charge on any atom is 0.329 e. The van der Waals surface area contributed by atoms with Crippen LogP contribution in [0.1, 0.15) is 18.9 Å². The van der Waals surface area contributed by atoms with Gasteiger partial charge in [0.1, 0.15) is 6.04 Å². The first-order valence-electron chi connectivity index (χ1n) is 9.89. The number of aryl methyl sites for hydroxylation is 1. The normalized spacial score (nSPS) is 32.9. The third-order valence-electron chi connectivity index (χ3n) is 6.43. The summed E-state index contributed by atoms with van der Waals surface area (Å²) in [5, 5.41) is 2.64. The van der Waals surface area contributed by atoms with Gasteiger partial charge in [-0.1, -0.05) is 49.6 Å². The first-order valence-corrected chi connectivity index (χ1v) is 11.7. The number of rotatable bonds is 5. The molecule has 1 aromatic carbocycles. The molecule has 30 heavy (non-hydrogen) atoms. The van der Waals surface area contributed by atoms with E-state index in [0.29, 0.717) is 5.69 Å². The molecular weight excluding hydrogens is 520 g/mol. The first kappa shape index (κ1) is 21.5. The van der Waals surface area contributed by atoms with Crippen LogP contribution in [0.5, 0.6) is 0 Å². The minimum absolute atomic E-state index is 0.0781. The molecular formula is C21H22Br2N2O5. The zero-order valence-corrected chi connectivity index (χ0v) is 19.7. The minimum atomic E-state index is -1.07. The van der Waals surface area contributed by atoms with Crippen LogP contribution in [0, 0.1) is 30.6 Å². The van der Waals surface area contributed by atoms with Crippen molar-refractivity contribution in [3.05, 3.63) is 29.8 Å². The van der Waals surface area contributed by atoms with E-state index in [2.05, 4.69) is 37.2 Å². The largest absolute Gasteiger partial charge is 0.454 e. The van der Waals surface area contributed by atoms with Crippen LogP contribution < -0.4 is 5.32 Å². The molecule has 1 aromatic rings. The maximum absolute atomic E-state index is 13.0. The number of carbonyl (C=O) groups excluding carboxylic acids is 4. The van der Waals surface area contributed by atoms with Crippen LogP contribution in [0.4, 0.5) is 5.69 Å². The number of halogens is 2. The maximum atomic E-state index is 13.0. The molecule has 4 rings (SSSR count). The van der Waals surface area contributed by atoms with Crippen molar-refractivity contribution in [2.75, 3.05) is 11.9 Å². The predicted molar refractivity (Wildman–Crippen MR) is 116 cm³/mol. The summed E-state index contributed by atoms with van der Waals surface area (Å²) in [4.78, 5) is 51.8. The molecule has 160 valence electrons. The van der Waals surface area contributed by atoms with E-state index in [-0.39, 0.29) is 45.1 Å². The van der Waals surface area contributed by atoms with Gasteiger partial charge < -0.3 is 10.1 Å². The first-order chi connectivity index (χ1) is 14.2. The number of nitrogens with zero attached hydrogens (tertiary/aromatic N) is 1. The number of nitrogens with one attached hydrogen (secondary N) is 1. The summed E-state index contributed by atoms with van der Waals surface area (Å²) >= 11 is 7.27. The predicted octanol–water partition coefficient (Wildman–Crippen LogP) is 2.64. The number of hydrogen-bond donors (Lipinski definition) is 1. The van der Waals surface area contributed by atoms with Gasteiger partial charge in [0.25, 0.3) is 5.91 Å². The van der Waals surface area contributed by atoms with Crippen LogP contribution >= 0.6 is 31.9 Å². The van der Waals surface area contributed by atoms with E-state index in [1.807, 2.05) is 19.1 Å². The average Bonchev–Trinajstić information content (AvgIpc) is 3.32. The summed E-state index contributed by atoms with van der Waals surface area (Å²) in [7, 11) is 0. The summed E-state index contributed by atoms with van der Waals surface area (Å²) in [6, 6.07) is 6.14. The Morgan fingerprint density at radius 1 is 1.10 bits per heavy atom. The molecule has 3 amide bonds. The van der Waals surface area contributed by atoms with Gasteiger partial charge in [-0.05, 0) is 44.2 Å². The third kappa shape index (κ3) is 3.49. The third-order valence-corrected chi connectivity index (χ3v) is 9.64. The number of alkyl halides is 2. The van der Waals surface area contributed by atoms with Gasteiger partial charge >= 0.3 is 5.97 Å². The lowest BCUT2D eigenvalue weighted by Crippen LogP contribution is -2.45. The van der Waals surface area contributed by atoms with Crippen LogP contribution in [0.25, 0.3) is 0 Å². The van der Waals surface area contributed by atoms with E-state index in [9.17, 15) is 19.2 Å². The lowest BCUT2D eigenvalue weighted by Gasteiger charge is -2.28.